The molecule has 2 fully saturated rings. The molecule has 0 aromatic carbocycles. The van der Waals surface area contributed by atoms with E-state index in [4.69, 9.17) is 0 Å². The molecule has 0 saturated carbocycles. The Labute approximate surface area is 116 Å². The molecule has 110 valence electrons. The van der Waals surface area contributed by atoms with Gasteiger partial charge in [0.05, 0.1) is 5.92 Å². The summed E-state index contributed by atoms with van der Waals surface area (Å²) in [5, 5.41) is 6.53. The summed E-state index contributed by atoms with van der Waals surface area (Å²) in [6, 6.07) is 1.00. The first-order valence-corrected chi connectivity index (χ1v) is 7.46. The van der Waals surface area contributed by atoms with Gasteiger partial charge in [0.2, 0.25) is 5.91 Å². The van der Waals surface area contributed by atoms with Crippen LogP contribution in [0.3, 0.4) is 0 Å². The molecule has 0 aliphatic carbocycles. The first-order chi connectivity index (χ1) is 9.06. The lowest BCUT2D eigenvalue weighted by atomic mass is 9.94. The SMILES string of the molecule is CC1CCC(C(=O)NCC2CN(C)CCN2C)CN1. The maximum atomic E-state index is 12.2. The third kappa shape index (κ3) is 4.16. The number of rotatable bonds is 3. The molecule has 2 rings (SSSR count). The molecule has 0 radical (unpaired) electrons. The minimum atomic E-state index is 0.155. The normalized spacial score (nSPS) is 34.2. The van der Waals surface area contributed by atoms with Gasteiger partial charge in [0, 0.05) is 44.8 Å². The van der Waals surface area contributed by atoms with Crippen molar-refractivity contribution in [2.24, 2.45) is 5.92 Å². The number of piperidine rings is 1. The van der Waals surface area contributed by atoms with Crippen molar-refractivity contribution >= 4 is 5.91 Å². The summed E-state index contributed by atoms with van der Waals surface area (Å²) in [6.07, 6.45) is 2.12. The van der Waals surface area contributed by atoms with Crippen LogP contribution in [0.1, 0.15) is 19.8 Å². The van der Waals surface area contributed by atoms with Gasteiger partial charge >= 0.3 is 0 Å². The van der Waals surface area contributed by atoms with Crippen molar-refractivity contribution in [1.29, 1.82) is 0 Å². The summed E-state index contributed by atoms with van der Waals surface area (Å²) < 4.78 is 0. The van der Waals surface area contributed by atoms with E-state index < -0.39 is 0 Å². The molecule has 0 spiro atoms. The Morgan fingerprint density at radius 1 is 1.32 bits per heavy atom. The van der Waals surface area contributed by atoms with Crippen LogP contribution in [0.15, 0.2) is 0 Å². The molecule has 2 heterocycles. The average molecular weight is 268 g/mol. The molecule has 2 aliphatic heterocycles. The second-order valence-corrected chi connectivity index (χ2v) is 6.23. The second kappa shape index (κ2) is 6.68. The Morgan fingerprint density at radius 3 is 2.79 bits per heavy atom. The molecular formula is C14H28N4O. The van der Waals surface area contributed by atoms with Crippen LogP contribution >= 0.6 is 0 Å². The minimum Gasteiger partial charge on any atom is -0.354 e. The quantitative estimate of drug-likeness (QED) is 0.740. The lowest BCUT2D eigenvalue weighted by molar-refractivity contribution is -0.126. The van der Waals surface area contributed by atoms with Crippen molar-refractivity contribution < 1.29 is 4.79 Å². The first-order valence-electron chi connectivity index (χ1n) is 7.46. The zero-order chi connectivity index (χ0) is 13.8. The molecular weight excluding hydrogens is 240 g/mol. The summed E-state index contributed by atoms with van der Waals surface area (Å²) in [7, 11) is 4.29. The lowest BCUT2D eigenvalue weighted by Gasteiger charge is -2.38. The van der Waals surface area contributed by atoms with E-state index in [2.05, 4.69) is 41.5 Å². The van der Waals surface area contributed by atoms with Crippen LogP contribution in [0.2, 0.25) is 0 Å². The summed E-state index contributed by atoms with van der Waals surface area (Å²) in [4.78, 5) is 16.8. The number of carbonyl (C=O) groups is 1. The van der Waals surface area contributed by atoms with E-state index in [0.717, 1.165) is 45.6 Å². The van der Waals surface area contributed by atoms with Gasteiger partial charge in [-0.15, -0.1) is 0 Å². The fourth-order valence-electron chi connectivity index (χ4n) is 2.91. The maximum Gasteiger partial charge on any atom is 0.224 e. The zero-order valence-electron chi connectivity index (χ0n) is 12.5. The number of piperazine rings is 1. The third-order valence-electron chi connectivity index (χ3n) is 4.52. The van der Waals surface area contributed by atoms with Crippen molar-refractivity contribution in [2.45, 2.75) is 31.8 Å². The molecule has 1 amide bonds. The molecule has 0 bridgehead atoms. The highest BCUT2D eigenvalue weighted by Crippen LogP contribution is 2.14. The highest BCUT2D eigenvalue weighted by molar-refractivity contribution is 5.79. The molecule has 0 aromatic heterocycles. The van der Waals surface area contributed by atoms with E-state index in [1.165, 1.54) is 0 Å². The highest BCUT2D eigenvalue weighted by atomic mass is 16.1. The van der Waals surface area contributed by atoms with Crippen LogP contribution < -0.4 is 10.6 Å². The van der Waals surface area contributed by atoms with Gasteiger partial charge in [0.25, 0.3) is 0 Å². The van der Waals surface area contributed by atoms with Gasteiger partial charge in [-0.25, -0.2) is 0 Å². The summed E-state index contributed by atoms with van der Waals surface area (Å²) in [6.45, 7) is 7.02. The molecule has 3 atom stereocenters. The van der Waals surface area contributed by atoms with Gasteiger partial charge < -0.3 is 15.5 Å². The van der Waals surface area contributed by atoms with E-state index in [1.807, 2.05) is 0 Å². The largest absolute Gasteiger partial charge is 0.354 e. The van der Waals surface area contributed by atoms with Crippen LogP contribution in [0, 0.1) is 5.92 Å². The Morgan fingerprint density at radius 2 is 2.11 bits per heavy atom. The topological polar surface area (TPSA) is 47.6 Å². The molecule has 3 unspecified atom stereocenters. The van der Waals surface area contributed by atoms with Gasteiger partial charge in [-0.3, -0.25) is 9.69 Å². The Balaban J connectivity index is 1.73. The van der Waals surface area contributed by atoms with Crippen molar-refractivity contribution in [3.8, 4) is 0 Å². The molecule has 0 aromatic rings. The Hall–Kier alpha value is -0.650. The number of hydrogen-bond donors (Lipinski definition) is 2. The van der Waals surface area contributed by atoms with Gasteiger partial charge in [0.1, 0.15) is 0 Å². The lowest BCUT2D eigenvalue weighted by Crippen LogP contribution is -2.55. The van der Waals surface area contributed by atoms with Gasteiger partial charge in [-0.05, 0) is 33.9 Å². The van der Waals surface area contributed by atoms with Crippen LogP contribution in [-0.2, 0) is 4.79 Å². The number of nitrogens with zero attached hydrogens (tertiary/aromatic N) is 2. The van der Waals surface area contributed by atoms with Crippen molar-refractivity contribution in [1.82, 2.24) is 20.4 Å². The molecule has 2 saturated heterocycles. The predicted octanol–water partition coefficient (Wildman–Crippen LogP) is -0.263. The fourth-order valence-corrected chi connectivity index (χ4v) is 2.91. The fraction of sp³-hybridized carbons (Fsp3) is 0.929. The molecule has 5 heteroatoms. The Kier molecular flexibility index (Phi) is 5.19. The monoisotopic (exact) mass is 268 g/mol. The zero-order valence-corrected chi connectivity index (χ0v) is 12.5. The van der Waals surface area contributed by atoms with E-state index in [1.54, 1.807) is 0 Å². The number of nitrogens with one attached hydrogen (secondary N) is 2. The molecule has 5 nitrogen and oxygen atoms in total. The highest BCUT2D eigenvalue weighted by Gasteiger charge is 2.26. The van der Waals surface area contributed by atoms with Crippen molar-refractivity contribution in [3.05, 3.63) is 0 Å². The standard InChI is InChI=1S/C14H28N4O/c1-11-4-5-12(8-15-11)14(19)16-9-13-10-17(2)6-7-18(13)3/h11-13,15H,4-10H2,1-3H3,(H,16,19). The molecule has 19 heavy (non-hydrogen) atoms. The van der Waals surface area contributed by atoms with Crippen LogP contribution in [-0.4, -0.2) is 74.6 Å². The summed E-state index contributed by atoms with van der Waals surface area (Å²) in [5.41, 5.74) is 0. The number of likely N-dealkylation sites (N-methyl/N-ethyl adjacent to an activating group) is 2. The van der Waals surface area contributed by atoms with E-state index >= 15 is 0 Å². The smallest absolute Gasteiger partial charge is 0.224 e. The van der Waals surface area contributed by atoms with Gasteiger partial charge in [0.15, 0.2) is 0 Å². The van der Waals surface area contributed by atoms with E-state index in [-0.39, 0.29) is 11.8 Å². The van der Waals surface area contributed by atoms with Gasteiger partial charge in [-0.1, -0.05) is 0 Å². The predicted molar refractivity (Wildman–Crippen MR) is 77.1 cm³/mol. The second-order valence-electron chi connectivity index (χ2n) is 6.23. The summed E-state index contributed by atoms with van der Waals surface area (Å²) >= 11 is 0. The van der Waals surface area contributed by atoms with Crippen molar-refractivity contribution in [2.75, 3.05) is 46.8 Å². The van der Waals surface area contributed by atoms with Gasteiger partial charge in [-0.2, -0.15) is 0 Å². The minimum absolute atomic E-state index is 0.155. The maximum absolute atomic E-state index is 12.2. The first kappa shape index (κ1) is 14.8. The molecule has 2 N–H and O–H groups in total. The molecule has 2 aliphatic rings. The number of hydrogen-bond acceptors (Lipinski definition) is 4. The Bertz CT molecular complexity index is 302. The van der Waals surface area contributed by atoms with E-state index in [0.29, 0.717) is 12.1 Å². The average Bonchev–Trinajstić information content (AvgIpc) is 2.40. The van der Waals surface area contributed by atoms with Crippen LogP contribution in [0.5, 0.6) is 0 Å². The van der Waals surface area contributed by atoms with Crippen LogP contribution in [0.4, 0.5) is 0 Å². The number of carbonyl (C=O) groups excluding carboxylic acids is 1. The van der Waals surface area contributed by atoms with Crippen molar-refractivity contribution in [3.63, 3.8) is 0 Å². The summed E-state index contributed by atoms with van der Waals surface area (Å²) in [5.74, 6) is 0.379. The number of amides is 1. The van der Waals surface area contributed by atoms with E-state index in [9.17, 15) is 4.79 Å². The third-order valence-corrected chi connectivity index (χ3v) is 4.52. The van der Waals surface area contributed by atoms with Crippen LogP contribution in [0.25, 0.3) is 0 Å².